The Morgan fingerprint density at radius 1 is 1.28 bits per heavy atom. The number of nitrogens with one attached hydrogen (secondary N) is 1. The largest absolute Gasteiger partial charge is 0.494 e. The van der Waals surface area contributed by atoms with Crippen LogP contribution in [0.1, 0.15) is 30.2 Å². The Bertz CT molecular complexity index is 1100. The number of rotatable bonds is 6. The van der Waals surface area contributed by atoms with Crippen LogP contribution in [0, 0.1) is 0 Å². The zero-order chi connectivity index (χ0) is 20.4. The summed E-state index contributed by atoms with van der Waals surface area (Å²) in [6.45, 7) is 2.53. The lowest BCUT2D eigenvalue weighted by atomic mass is 9.97. The van der Waals surface area contributed by atoms with Crippen molar-refractivity contribution >= 4 is 44.9 Å². The molecule has 0 aliphatic heterocycles. The van der Waals surface area contributed by atoms with Crippen molar-refractivity contribution in [3.05, 3.63) is 45.1 Å². The number of fused-ring (bicyclic) bond motifs is 3. The number of ether oxygens (including phenoxy) is 1. The molecule has 1 amide bonds. The van der Waals surface area contributed by atoms with Gasteiger partial charge in [-0.3, -0.25) is 14.2 Å². The molecule has 0 atom stereocenters. The minimum absolute atomic E-state index is 0.0104. The summed E-state index contributed by atoms with van der Waals surface area (Å²) in [5, 5.41) is 4.21. The van der Waals surface area contributed by atoms with Crippen LogP contribution in [0.4, 0.5) is 5.69 Å². The van der Waals surface area contributed by atoms with E-state index in [-0.39, 0.29) is 17.2 Å². The van der Waals surface area contributed by atoms with Crippen LogP contribution in [0.3, 0.4) is 0 Å². The SMILES string of the molecule is CCOc1ccc(NC(=O)CSc2nc3sc4c(c3c(=O)n2C)CCCC4)cc1. The van der Waals surface area contributed by atoms with Gasteiger partial charge in [-0.1, -0.05) is 11.8 Å². The molecule has 4 rings (SSSR count). The predicted molar refractivity (Wildman–Crippen MR) is 118 cm³/mol. The van der Waals surface area contributed by atoms with Crippen molar-refractivity contribution in [1.29, 1.82) is 0 Å². The summed E-state index contributed by atoms with van der Waals surface area (Å²) < 4.78 is 6.97. The molecule has 1 N–H and O–H groups in total. The number of aromatic nitrogens is 2. The number of hydrogen-bond donors (Lipinski definition) is 1. The first-order chi connectivity index (χ1) is 14.1. The lowest BCUT2D eigenvalue weighted by Gasteiger charge is -2.11. The van der Waals surface area contributed by atoms with Gasteiger partial charge in [-0.05, 0) is 62.4 Å². The number of benzene rings is 1. The Morgan fingerprint density at radius 3 is 2.79 bits per heavy atom. The fourth-order valence-electron chi connectivity index (χ4n) is 3.52. The highest BCUT2D eigenvalue weighted by Gasteiger charge is 2.21. The van der Waals surface area contributed by atoms with Gasteiger partial charge in [0.1, 0.15) is 10.6 Å². The number of aryl methyl sites for hydroxylation is 2. The van der Waals surface area contributed by atoms with E-state index in [1.807, 2.05) is 31.2 Å². The summed E-state index contributed by atoms with van der Waals surface area (Å²) in [5.41, 5.74) is 1.89. The molecule has 3 aromatic rings. The normalized spacial score (nSPS) is 13.3. The van der Waals surface area contributed by atoms with Gasteiger partial charge in [0.15, 0.2) is 5.16 Å². The first-order valence-corrected chi connectivity index (χ1v) is 11.5. The smallest absolute Gasteiger partial charge is 0.262 e. The van der Waals surface area contributed by atoms with Crippen molar-refractivity contribution in [3.8, 4) is 5.75 Å². The van der Waals surface area contributed by atoms with Gasteiger partial charge in [0, 0.05) is 17.6 Å². The standard InChI is InChI=1S/C21H23N3O3S2/c1-3-27-14-10-8-13(9-11-14)22-17(25)12-28-21-23-19-18(20(26)24(21)2)15-6-4-5-7-16(15)29-19/h8-11H,3-7,12H2,1-2H3,(H,22,25). The quantitative estimate of drug-likeness (QED) is 0.474. The summed E-state index contributed by atoms with van der Waals surface area (Å²) in [4.78, 5) is 32.0. The number of amides is 1. The monoisotopic (exact) mass is 429 g/mol. The highest BCUT2D eigenvalue weighted by atomic mass is 32.2. The molecule has 2 aromatic heterocycles. The van der Waals surface area contributed by atoms with E-state index in [9.17, 15) is 9.59 Å². The zero-order valence-corrected chi connectivity index (χ0v) is 18.1. The third-order valence-electron chi connectivity index (χ3n) is 4.94. The molecule has 0 saturated carbocycles. The van der Waals surface area contributed by atoms with Crippen LogP contribution in [0.2, 0.25) is 0 Å². The lowest BCUT2D eigenvalue weighted by Crippen LogP contribution is -2.22. The fraction of sp³-hybridized carbons (Fsp3) is 0.381. The Morgan fingerprint density at radius 2 is 2.03 bits per heavy atom. The second-order valence-electron chi connectivity index (χ2n) is 6.94. The lowest BCUT2D eigenvalue weighted by molar-refractivity contribution is -0.113. The topological polar surface area (TPSA) is 73.2 Å². The summed E-state index contributed by atoms with van der Waals surface area (Å²) >= 11 is 2.91. The van der Waals surface area contributed by atoms with Crippen LogP contribution >= 0.6 is 23.1 Å². The summed E-state index contributed by atoms with van der Waals surface area (Å²) in [6.07, 6.45) is 4.30. The third kappa shape index (κ3) is 4.18. The molecular formula is C21H23N3O3S2. The van der Waals surface area contributed by atoms with Gasteiger partial charge in [0.25, 0.3) is 5.56 Å². The van der Waals surface area contributed by atoms with Crippen molar-refractivity contribution < 1.29 is 9.53 Å². The molecule has 29 heavy (non-hydrogen) atoms. The molecule has 152 valence electrons. The van der Waals surface area contributed by atoms with E-state index in [1.54, 1.807) is 23.0 Å². The van der Waals surface area contributed by atoms with Crippen LogP contribution in [0.15, 0.2) is 34.2 Å². The van der Waals surface area contributed by atoms with Crippen LogP contribution in [-0.2, 0) is 24.7 Å². The van der Waals surface area contributed by atoms with Crippen molar-refractivity contribution in [3.63, 3.8) is 0 Å². The molecule has 2 heterocycles. The number of thioether (sulfide) groups is 1. The second-order valence-corrected chi connectivity index (χ2v) is 8.97. The second kappa shape index (κ2) is 8.59. The van der Waals surface area contributed by atoms with E-state index < -0.39 is 0 Å². The number of carbonyl (C=O) groups is 1. The van der Waals surface area contributed by atoms with Gasteiger partial charge in [-0.2, -0.15) is 0 Å². The summed E-state index contributed by atoms with van der Waals surface area (Å²) in [7, 11) is 1.73. The molecular weight excluding hydrogens is 406 g/mol. The van der Waals surface area contributed by atoms with Crippen LogP contribution in [0.25, 0.3) is 10.2 Å². The molecule has 1 aromatic carbocycles. The van der Waals surface area contributed by atoms with Crippen LogP contribution in [-0.4, -0.2) is 27.8 Å². The predicted octanol–water partition coefficient (Wildman–Crippen LogP) is 4.00. The van der Waals surface area contributed by atoms with Gasteiger partial charge in [0.05, 0.1) is 17.7 Å². The maximum Gasteiger partial charge on any atom is 0.262 e. The van der Waals surface area contributed by atoms with Gasteiger partial charge in [-0.25, -0.2) is 4.98 Å². The summed E-state index contributed by atoms with van der Waals surface area (Å²) in [6, 6.07) is 7.27. The first kappa shape index (κ1) is 20.0. The molecule has 0 bridgehead atoms. The van der Waals surface area contributed by atoms with E-state index in [1.165, 1.54) is 28.6 Å². The number of nitrogens with zero attached hydrogens (tertiary/aromatic N) is 2. The highest BCUT2D eigenvalue weighted by Crippen LogP contribution is 2.34. The third-order valence-corrected chi connectivity index (χ3v) is 7.15. The van der Waals surface area contributed by atoms with Crippen molar-refractivity contribution in [1.82, 2.24) is 9.55 Å². The average Bonchev–Trinajstić information content (AvgIpc) is 3.10. The zero-order valence-electron chi connectivity index (χ0n) is 16.5. The Hall–Kier alpha value is -2.32. The number of hydrogen-bond acceptors (Lipinski definition) is 6. The Labute approximate surface area is 177 Å². The van der Waals surface area contributed by atoms with Gasteiger partial charge >= 0.3 is 0 Å². The molecule has 0 radical (unpaired) electrons. The Balaban J connectivity index is 1.47. The first-order valence-electron chi connectivity index (χ1n) is 9.73. The molecule has 0 saturated heterocycles. The molecule has 0 spiro atoms. The fourth-order valence-corrected chi connectivity index (χ4v) is 5.60. The number of anilines is 1. The molecule has 1 aliphatic rings. The average molecular weight is 430 g/mol. The maximum atomic E-state index is 12.9. The highest BCUT2D eigenvalue weighted by molar-refractivity contribution is 7.99. The van der Waals surface area contributed by atoms with Crippen LogP contribution < -0.4 is 15.6 Å². The van der Waals surface area contributed by atoms with Crippen molar-refractivity contribution in [2.45, 2.75) is 37.8 Å². The van der Waals surface area contributed by atoms with E-state index in [0.717, 1.165) is 35.2 Å². The van der Waals surface area contributed by atoms with Gasteiger partial charge in [0.2, 0.25) is 5.91 Å². The van der Waals surface area contributed by atoms with E-state index >= 15 is 0 Å². The molecule has 1 aliphatic carbocycles. The van der Waals surface area contributed by atoms with Gasteiger partial charge in [-0.15, -0.1) is 11.3 Å². The Kier molecular flexibility index (Phi) is 5.91. The van der Waals surface area contributed by atoms with Crippen molar-refractivity contribution in [2.24, 2.45) is 7.05 Å². The minimum Gasteiger partial charge on any atom is -0.494 e. The summed E-state index contributed by atoms with van der Waals surface area (Å²) in [5.74, 6) is 0.814. The molecule has 8 heteroatoms. The molecule has 0 unspecified atom stereocenters. The number of carbonyl (C=O) groups excluding carboxylic acids is 1. The van der Waals surface area contributed by atoms with Crippen molar-refractivity contribution in [2.75, 3.05) is 17.7 Å². The van der Waals surface area contributed by atoms with E-state index in [0.29, 0.717) is 17.5 Å². The van der Waals surface area contributed by atoms with Crippen LogP contribution in [0.5, 0.6) is 5.75 Å². The number of thiophene rings is 1. The minimum atomic E-state index is -0.140. The van der Waals surface area contributed by atoms with Gasteiger partial charge < -0.3 is 10.1 Å². The van der Waals surface area contributed by atoms with E-state index in [4.69, 9.17) is 9.72 Å². The molecule has 6 nitrogen and oxygen atoms in total. The molecule has 0 fully saturated rings. The maximum absolute atomic E-state index is 12.9. The van der Waals surface area contributed by atoms with E-state index in [2.05, 4.69) is 5.32 Å².